The summed E-state index contributed by atoms with van der Waals surface area (Å²) in [5.41, 5.74) is 6.75. The molecule has 0 fully saturated rings. The van der Waals surface area contributed by atoms with Gasteiger partial charge in [0.05, 0.1) is 25.5 Å². The van der Waals surface area contributed by atoms with E-state index in [2.05, 4.69) is 10.6 Å². The largest absolute Gasteiger partial charge is 0.493 e. The molecule has 0 atom stereocenters. The van der Waals surface area contributed by atoms with E-state index >= 15 is 0 Å². The van der Waals surface area contributed by atoms with Gasteiger partial charge in [0, 0.05) is 23.9 Å². The molecule has 0 aliphatic heterocycles. The van der Waals surface area contributed by atoms with E-state index in [-0.39, 0.29) is 11.9 Å². The second-order valence-electron chi connectivity index (χ2n) is 9.97. The lowest BCUT2D eigenvalue weighted by Gasteiger charge is -2.12. The van der Waals surface area contributed by atoms with Crippen LogP contribution in [-0.4, -0.2) is 36.0 Å². The van der Waals surface area contributed by atoms with Crippen LogP contribution in [-0.2, 0) is 4.79 Å². The predicted molar refractivity (Wildman–Crippen MR) is 167 cm³/mol. The van der Waals surface area contributed by atoms with Crippen molar-refractivity contribution in [1.82, 2.24) is 9.78 Å². The number of urea groups is 1. The molecule has 0 saturated heterocycles. The summed E-state index contributed by atoms with van der Waals surface area (Å²) in [4.78, 5) is 25.0. The second-order valence-corrected chi connectivity index (χ2v) is 9.97. The average Bonchev–Trinajstić information content (AvgIpc) is 3.36. The zero-order valence-corrected chi connectivity index (χ0v) is 24.6. The van der Waals surface area contributed by atoms with Crippen LogP contribution in [0.4, 0.5) is 16.2 Å². The Labute approximate surface area is 250 Å². The molecule has 0 aliphatic carbocycles. The van der Waals surface area contributed by atoms with Gasteiger partial charge in [0.2, 0.25) is 5.88 Å². The fourth-order valence-electron chi connectivity index (χ4n) is 4.66. The number of nitrogens with one attached hydrogen (secondary N) is 2. The van der Waals surface area contributed by atoms with Crippen molar-refractivity contribution in [1.29, 1.82) is 0 Å². The van der Waals surface area contributed by atoms with Gasteiger partial charge in [-0.25, -0.2) is 4.79 Å². The Hall–Kier alpha value is -5.57. The molecular weight excluding hydrogens is 544 g/mol. The summed E-state index contributed by atoms with van der Waals surface area (Å²) < 4.78 is 18.4. The molecule has 5 rings (SSSR count). The van der Waals surface area contributed by atoms with Crippen LogP contribution in [0, 0.1) is 13.8 Å². The van der Waals surface area contributed by atoms with E-state index in [0.717, 1.165) is 27.9 Å². The van der Waals surface area contributed by atoms with Crippen LogP contribution in [0.5, 0.6) is 17.4 Å². The molecule has 0 unspecified atom stereocenters. The van der Waals surface area contributed by atoms with Gasteiger partial charge in [0.15, 0.2) is 11.5 Å². The summed E-state index contributed by atoms with van der Waals surface area (Å²) in [6.07, 6.45) is 0. The predicted octanol–water partition coefficient (Wildman–Crippen LogP) is 7.41. The minimum atomic E-state index is -0.486. The average molecular weight is 577 g/mol. The van der Waals surface area contributed by atoms with Gasteiger partial charge >= 0.3 is 12.0 Å². The molecule has 1 heterocycles. The summed E-state index contributed by atoms with van der Waals surface area (Å²) in [6.45, 7) is 5.32. The molecule has 43 heavy (non-hydrogen) atoms. The highest BCUT2D eigenvalue weighted by molar-refractivity contribution is 6.00. The number of carbonyl (C=O) groups is 2. The fraction of sp³-hybridized carbons (Fsp3) is 0.147. The molecule has 4 aromatic carbocycles. The topological polar surface area (TPSA) is 104 Å². The highest BCUT2D eigenvalue weighted by Crippen LogP contribution is 2.43. The monoisotopic (exact) mass is 576 g/mol. The van der Waals surface area contributed by atoms with Crippen molar-refractivity contribution in [2.45, 2.75) is 20.8 Å². The second kappa shape index (κ2) is 12.5. The van der Waals surface area contributed by atoms with Crippen molar-refractivity contribution in [3.8, 4) is 45.5 Å². The normalized spacial score (nSPS) is 10.6. The molecule has 0 radical (unpaired) electrons. The maximum Gasteiger partial charge on any atom is 0.323 e. The van der Waals surface area contributed by atoms with Crippen LogP contribution < -0.4 is 24.8 Å². The summed E-state index contributed by atoms with van der Waals surface area (Å²) in [7, 11) is 3.14. The van der Waals surface area contributed by atoms with Gasteiger partial charge in [-0.05, 0) is 79.6 Å². The van der Waals surface area contributed by atoms with Gasteiger partial charge in [-0.1, -0.05) is 42.0 Å². The number of amides is 2. The lowest BCUT2D eigenvalue weighted by molar-refractivity contribution is -0.132. The van der Waals surface area contributed by atoms with Crippen LogP contribution in [0.3, 0.4) is 0 Å². The zero-order valence-electron chi connectivity index (χ0n) is 24.6. The first-order valence-electron chi connectivity index (χ1n) is 13.6. The van der Waals surface area contributed by atoms with Gasteiger partial charge in [-0.2, -0.15) is 9.78 Å². The van der Waals surface area contributed by atoms with Gasteiger partial charge in [0.1, 0.15) is 5.69 Å². The number of aryl methyl sites for hydroxylation is 2. The highest BCUT2D eigenvalue weighted by Gasteiger charge is 2.25. The summed E-state index contributed by atoms with van der Waals surface area (Å²) in [5, 5.41) is 10.6. The minimum absolute atomic E-state index is 0.265. The summed E-state index contributed by atoms with van der Waals surface area (Å²) in [6, 6.07) is 27.7. The molecule has 0 aliphatic rings. The van der Waals surface area contributed by atoms with Gasteiger partial charge in [-0.3, -0.25) is 4.79 Å². The number of esters is 1. The number of hydrogen-bond donors (Lipinski definition) is 2. The van der Waals surface area contributed by atoms with Crippen LogP contribution in [0.15, 0.2) is 91.0 Å². The maximum atomic E-state index is 12.6. The number of rotatable bonds is 8. The Bertz CT molecular complexity index is 1780. The first-order chi connectivity index (χ1) is 20.7. The van der Waals surface area contributed by atoms with Crippen molar-refractivity contribution >= 4 is 23.4 Å². The van der Waals surface area contributed by atoms with E-state index in [1.165, 1.54) is 6.92 Å². The Kier molecular flexibility index (Phi) is 8.43. The summed E-state index contributed by atoms with van der Waals surface area (Å²) >= 11 is 0. The van der Waals surface area contributed by atoms with Crippen LogP contribution >= 0.6 is 0 Å². The number of anilines is 2. The van der Waals surface area contributed by atoms with Crippen LogP contribution in [0.2, 0.25) is 0 Å². The Morgan fingerprint density at radius 2 is 1.35 bits per heavy atom. The minimum Gasteiger partial charge on any atom is -0.493 e. The third-order valence-corrected chi connectivity index (χ3v) is 6.73. The van der Waals surface area contributed by atoms with Crippen LogP contribution in [0.25, 0.3) is 28.1 Å². The molecule has 9 heteroatoms. The quantitative estimate of drug-likeness (QED) is 0.187. The van der Waals surface area contributed by atoms with Crippen LogP contribution in [0.1, 0.15) is 18.1 Å². The van der Waals surface area contributed by atoms with Gasteiger partial charge in [0.25, 0.3) is 0 Å². The smallest absolute Gasteiger partial charge is 0.323 e. The van der Waals surface area contributed by atoms with E-state index in [1.54, 1.807) is 37.1 Å². The van der Waals surface area contributed by atoms with E-state index in [1.807, 2.05) is 86.6 Å². The maximum absolute atomic E-state index is 12.6. The SMILES string of the molecule is COc1ccc(-c2nn(-c3cccc(C)c3)c(OC(C)=O)c2-c2ccc(NC(=O)Nc3ccc(C)cc3)cc2)cc1OC. The van der Waals surface area contributed by atoms with Crippen molar-refractivity contribution in [3.05, 3.63) is 102 Å². The first-order valence-corrected chi connectivity index (χ1v) is 13.6. The fourth-order valence-corrected chi connectivity index (χ4v) is 4.66. The zero-order chi connectivity index (χ0) is 30.5. The Morgan fingerprint density at radius 1 is 0.721 bits per heavy atom. The van der Waals surface area contributed by atoms with Gasteiger partial charge in [-0.15, -0.1) is 0 Å². The number of nitrogens with zero attached hydrogens (tertiary/aromatic N) is 2. The lowest BCUT2D eigenvalue weighted by atomic mass is 10.0. The summed E-state index contributed by atoms with van der Waals surface area (Å²) in [5.74, 6) is 0.885. The standard InChI is InChI=1S/C34H32N4O5/c1-21-9-14-26(15-10-21)35-34(40)36-27-16-11-24(12-17-27)31-32(25-13-18-29(41-4)30(20-25)42-5)37-38(33(31)43-23(3)39)28-8-6-7-22(2)19-28/h6-20H,1-5H3,(H2,35,36,40). The van der Waals surface area contributed by atoms with E-state index in [9.17, 15) is 9.59 Å². The number of hydrogen-bond acceptors (Lipinski definition) is 6. The Morgan fingerprint density at radius 3 is 1.95 bits per heavy atom. The highest BCUT2D eigenvalue weighted by atomic mass is 16.5. The molecule has 0 bridgehead atoms. The van der Waals surface area contributed by atoms with E-state index in [4.69, 9.17) is 19.3 Å². The number of ether oxygens (including phenoxy) is 3. The van der Waals surface area contributed by atoms with Crippen molar-refractivity contribution in [3.63, 3.8) is 0 Å². The van der Waals surface area contributed by atoms with Crippen molar-refractivity contribution < 1.29 is 23.8 Å². The molecule has 9 nitrogen and oxygen atoms in total. The van der Waals surface area contributed by atoms with Gasteiger partial charge < -0.3 is 24.8 Å². The molecule has 5 aromatic rings. The molecule has 0 saturated carbocycles. The van der Waals surface area contributed by atoms with Crippen molar-refractivity contribution in [2.24, 2.45) is 0 Å². The molecule has 1 aromatic heterocycles. The Balaban J connectivity index is 1.58. The first kappa shape index (κ1) is 28.9. The molecule has 2 N–H and O–H groups in total. The lowest BCUT2D eigenvalue weighted by Crippen LogP contribution is -2.19. The number of benzene rings is 4. The molecular formula is C34H32N4O5. The molecule has 2 amide bonds. The van der Waals surface area contributed by atoms with E-state index < -0.39 is 5.97 Å². The molecule has 218 valence electrons. The van der Waals surface area contributed by atoms with Crippen molar-refractivity contribution in [2.75, 3.05) is 24.9 Å². The number of aromatic nitrogens is 2. The third kappa shape index (κ3) is 6.51. The number of carbonyl (C=O) groups excluding carboxylic acids is 2. The third-order valence-electron chi connectivity index (χ3n) is 6.73. The number of methoxy groups -OCH3 is 2. The van der Waals surface area contributed by atoms with E-state index in [0.29, 0.717) is 34.1 Å². The molecule has 0 spiro atoms.